The summed E-state index contributed by atoms with van der Waals surface area (Å²) < 4.78 is 0.735. The molecule has 0 saturated carbocycles. The predicted molar refractivity (Wildman–Crippen MR) is 61.2 cm³/mol. The fraction of sp³-hybridized carbons (Fsp3) is 0.444. The van der Waals surface area contributed by atoms with E-state index >= 15 is 0 Å². The smallest absolute Gasteiger partial charge is 0.235 e. The van der Waals surface area contributed by atoms with E-state index in [1.165, 1.54) is 11.3 Å². The molecule has 1 aromatic rings. The normalized spacial score (nSPS) is 12.5. The molecule has 2 nitrogen and oxygen atoms in total. The van der Waals surface area contributed by atoms with Gasteiger partial charge in [0, 0.05) is 4.88 Å². The number of carbonyl (C=O) groups is 1. The van der Waals surface area contributed by atoms with Gasteiger partial charge in [-0.3, -0.25) is 4.79 Å². The molecule has 0 aromatic carbocycles. The van der Waals surface area contributed by atoms with Crippen LogP contribution in [0.15, 0.2) is 12.1 Å². The highest BCUT2D eigenvalue weighted by Crippen LogP contribution is 2.28. The van der Waals surface area contributed by atoms with Crippen LogP contribution in [0.1, 0.15) is 24.3 Å². The van der Waals surface area contributed by atoms with Crippen molar-refractivity contribution in [3.8, 4) is 0 Å². The molecule has 1 amide bonds. The molecular weight excluding hydrogens is 241 g/mol. The minimum Gasteiger partial charge on any atom is -0.347 e. The van der Waals surface area contributed by atoms with E-state index in [0.29, 0.717) is 0 Å². The summed E-state index contributed by atoms with van der Waals surface area (Å²) in [6.45, 7) is 2.01. The van der Waals surface area contributed by atoms with Crippen LogP contribution in [0.5, 0.6) is 0 Å². The van der Waals surface area contributed by atoms with Gasteiger partial charge < -0.3 is 5.32 Å². The van der Waals surface area contributed by atoms with E-state index in [-0.39, 0.29) is 17.8 Å². The van der Waals surface area contributed by atoms with Crippen molar-refractivity contribution < 1.29 is 4.79 Å². The lowest BCUT2D eigenvalue weighted by molar-refractivity contribution is -0.119. The van der Waals surface area contributed by atoms with E-state index in [0.717, 1.165) is 15.6 Å². The van der Waals surface area contributed by atoms with Crippen LogP contribution >= 0.6 is 34.5 Å². The van der Waals surface area contributed by atoms with Crippen LogP contribution in [0.3, 0.4) is 0 Å². The molecule has 0 radical (unpaired) electrons. The van der Waals surface area contributed by atoms with Gasteiger partial charge in [0.05, 0.1) is 10.4 Å². The Bertz CT molecular complexity index is 314. The summed E-state index contributed by atoms with van der Waals surface area (Å²) in [5, 5.41) is 2.83. The average Bonchev–Trinajstić information content (AvgIpc) is 2.60. The molecule has 0 aliphatic carbocycles. The molecule has 14 heavy (non-hydrogen) atoms. The summed E-state index contributed by atoms with van der Waals surface area (Å²) in [4.78, 5) is 12.2. The standard InChI is InChI=1S/C9H11Cl2NOS/c1-2-6(12-9(13)5-10)7-3-4-8(11)14-7/h3-4,6H,2,5H2,1H3,(H,12,13). The van der Waals surface area contributed by atoms with Crippen LogP contribution in [0, 0.1) is 0 Å². The van der Waals surface area contributed by atoms with E-state index < -0.39 is 0 Å². The molecule has 0 bridgehead atoms. The first kappa shape index (κ1) is 11.8. The highest BCUT2D eigenvalue weighted by Gasteiger charge is 2.13. The fourth-order valence-corrected chi connectivity index (χ4v) is 2.40. The monoisotopic (exact) mass is 251 g/mol. The highest BCUT2D eigenvalue weighted by atomic mass is 35.5. The highest BCUT2D eigenvalue weighted by molar-refractivity contribution is 7.16. The molecule has 1 unspecified atom stereocenters. The fourth-order valence-electron chi connectivity index (χ4n) is 1.12. The summed E-state index contributed by atoms with van der Waals surface area (Å²) in [7, 11) is 0. The largest absolute Gasteiger partial charge is 0.347 e. The van der Waals surface area contributed by atoms with Crippen molar-refractivity contribution >= 4 is 40.4 Å². The summed E-state index contributed by atoms with van der Waals surface area (Å²) >= 11 is 12.7. The molecular formula is C9H11Cl2NOS. The third kappa shape index (κ3) is 3.15. The van der Waals surface area contributed by atoms with Crippen molar-refractivity contribution in [3.05, 3.63) is 21.3 Å². The molecule has 0 aliphatic rings. The zero-order valence-corrected chi connectivity index (χ0v) is 10.0. The Morgan fingerprint density at radius 2 is 2.36 bits per heavy atom. The second-order valence-corrected chi connectivity index (χ2v) is 4.82. The van der Waals surface area contributed by atoms with E-state index in [2.05, 4.69) is 5.32 Å². The maximum atomic E-state index is 11.1. The van der Waals surface area contributed by atoms with E-state index in [1.807, 2.05) is 19.1 Å². The maximum absolute atomic E-state index is 11.1. The summed E-state index contributed by atoms with van der Waals surface area (Å²) in [6.07, 6.45) is 0.833. The zero-order valence-electron chi connectivity index (χ0n) is 7.72. The Hall–Kier alpha value is -0.250. The first-order valence-electron chi connectivity index (χ1n) is 4.28. The number of halogens is 2. The molecule has 0 spiro atoms. The number of amides is 1. The van der Waals surface area contributed by atoms with Crippen LogP contribution in [0.2, 0.25) is 4.34 Å². The summed E-state index contributed by atoms with van der Waals surface area (Å²) in [6, 6.07) is 3.78. The van der Waals surface area contributed by atoms with Crippen molar-refractivity contribution in [3.63, 3.8) is 0 Å². The van der Waals surface area contributed by atoms with Gasteiger partial charge in [-0.25, -0.2) is 0 Å². The van der Waals surface area contributed by atoms with Gasteiger partial charge in [-0.15, -0.1) is 22.9 Å². The van der Waals surface area contributed by atoms with Gasteiger partial charge in [0.2, 0.25) is 5.91 Å². The molecule has 78 valence electrons. The van der Waals surface area contributed by atoms with Gasteiger partial charge in [-0.2, -0.15) is 0 Å². The second kappa shape index (κ2) is 5.59. The lowest BCUT2D eigenvalue weighted by Gasteiger charge is -2.14. The Morgan fingerprint density at radius 1 is 1.64 bits per heavy atom. The van der Waals surface area contributed by atoms with Crippen molar-refractivity contribution in [1.29, 1.82) is 0 Å². The predicted octanol–water partition coefficient (Wildman–Crippen LogP) is 3.21. The summed E-state index contributed by atoms with van der Waals surface area (Å²) in [5.41, 5.74) is 0. The quantitative estimate of drug-likeness (QED) is 0.819. The number of carbonyl (C=O) groups excluding carboxylic acids is 1. The molecule has 1 N–H and O–H groups in total. The number of thiophene rings is 1. The molecule has 5 heteroatoms. The Balaban J connectivity index is 2.67. The second-order valence-electron chi connectivity index (χ2n) is 2.80. The molecule has 1 aromatic heterocycles. The Kier molecular flexibility index (Phi) is 4.72. The van der Waals surface area contributed by atoms with Crippen LogP contribution in [-0.4, -0.2) is 11.8 Å². The average molecular weight is 252 g/mol. The van der Waals surface area contributed by atoms with Crippen LogP contribution in [-0.2, 0) is 4.79 Å². The topological polar surface area (TPSA) is 29.1 Å². The Morgan fingerprint density at radius 3 is 2.79 bits per heavy atom. The summed E-state index contributed by atoms with van der Waals surface area (Å²) in [5.74, 6) is -0.154. The first-order valence-corrected chi connectivity index (χ1v) is 6.00. The minimum absolute atomic E-state index is 0.00436. The van der Waals surface area contributed by atoms with Gasteiger partial charge in [0.1, 0.15) is 5.88 Å². The number of rotatable bonds is 4. The van der Waals surface area contributed by atoms with E-state index in [1.54, 1.807) is 0 Å². The van der Waals surface area contributed by atoms with Gasteiger partial charge >= 0.3 is 0 Å². The van der Waals surface area contributed by atoms with Crippen LogP contribution in [0.25, 0.3) is 0 Å². The molecule has 0 fully saturated rings. The number of alkyl halides is 1. The third-order valence-corrected chi connectivity index (χ3v) is 3.39. The molecule has 1 rings (SSSR count). The zero-order chi connectivity index (χ0) is 10.6. The maximum Gasteiger partial charge on any atom is 0.235 e. The Labute approximate surface area is 97.2 Å². The number of nitrogens with one attached hydrogen (secondary N) is 1. The SMILES string of the molecule is CCC(NC(=O)CCl)c1ccc(Cl)s1. The van der Waals surface area contributed by atoms with Crippen LogP contribution < -0.4 is 5.32 Å². The molecule has 1 atom stereocenters. The molecule has 0 saturated heterocycles. The number of hydrogen-bond donors (Lipinski definition) is 1. The third-order valence-electron chi connectivity index (χ3n) is 1.80. The first-order chi connectivity index (χ1) is 6.67. The van der Waals surface area contributed by atoms with Crippen molar-refractivity contribution in [2.75, 3.05) is 5.88 Å². The lowest BCUT2D eigenvalue weighted by atomic mass is 10.2. The number of hydrogen-bond acceptors (Lipinski definition) is 2. The van der Waals surface area contributed by atoms with Gasteiger partial charge in [0.25, 0.3) is 0 Å². The van der Waals surface area contributed by atoms with Crippen LogP contribution in [0.4, 0.5) is 0 Å². The van der Waals surface area contributed by atoms with Gasteiger partial charge in [0.15, 0.2) is 0 Å². The molecule has 1 heterocycles. The minimum atomic E-state index is -0.150. The van der Waals surface area contributed by atoms with Gasteiger partial charge in [-0.05, 0) is 18.6 Å². The van der Waals surface area contributed by atoms with Crippen molar-refractivity contribution in [1.82, 2.24) is 5.32 Å². The van der Waals surface area contributed by atoms with E-state index in [4.69, 9.17) is 23.2 Å². The molecule has 0 aliphatic heterocycles. The van der Waals surface area contributed by atoms with E-state index in [9.17, 15) is 4.79 Å². The van der Waals surface area contributed by atoms with Crippen molar-refractivity contribution in [2.24, 2.45) is 0 Å². The lowest BCUT2D eigenvalue weighted by Crippen LogP contribution is -2.28. The van der Waals surface area contributed by atoms with Gasteiger partial charge in [-0.1, -0.05) is 18.5 Å². The van der Waals surface area contributed by atoms with Crippen molar-refractivity contribution in [2.45, 2.75) is 19.4 Å².